The minimum Gasteiger partial charge on any atom is -0.481 e. The number of benzene rings is 1. The molecule has 20 heavy (non-hydrogen) atoms. The molecule has 0 amide bonds. The number of aliphatic carboxylic acids is 1. The van der Waals surface area contributed by atoms with E-state index in [1.807, 2.05) is 0 Å². The number of carboxylic acid groups (broad SMARTS) is 1. The van der Waals surface area contributed by atoms with Crippen LogP contribution in [-0.2, 0) is 14.8 Å². The van der Waals surface area contributed by atoms with Crippen molar-refractivity contribution in [3.8, 4) is 0 Å². The molecule has 6 heteroatoms. The normalized spacial score (nSPS) is 13.3. The van der Waals surface area contributed by atoms with Crippen LogP contribution in [0.15, 0.2) is 35.2 Å². The molecule has 1 N–H and O–H groups in total. The highest BCUT2D eigenvalue weighted by molar-refractivity contribution is 7.89. The summed E-state index contributed by atoms with van der Waals surface area (Å²) in [4.78, 5) is 10.9. The zero-order chi connectivity index (χ0) is 15.2. The van der Waals surface area contributed by atoms with Crippen molar-refractivity contribution in [3.63, 3.8) is 0 Å². The summed E-state index contributed by atoms with van der Waals surface area (Å²) in [5.74, 6) is -1.19. The van der Waals surface area contributed by atoms with Gasteiger partial charge in [-0.15, -0.1) is 0 Å². The molecule has 0 aliphatic rings. The highest BCUT2D eigenvalue weighted by atomic mass is 32.2. The number of nitrogens with zero attached hydrogens (tertiary/aromatic N) is 1. The third-order valence-corrected chi connectivity index (χ3v) is 5.10. The van der Waals surface area contributed by atoms with Gasteiger partial charge < -0.3 is 5.11 Å². The first-order chi connectivity index (χ1) is 9.35. The number of carbonyl (C=O) groups is 1. The van der Waals surface area contributed by atoms with Gasteiger partial charge in [-0.25, -0.2) is 12.7 Å². The van der Waals surface area contributed by atoms with Gasteiger partial charge >= 0.3 is 5.97 Å². The standard InChI is InChI=1S/C14H21NO4S/c1-12(14(16)17)8-6-7-11-15(2)20(18,19)13-9-4-3-5-10-13/h3-5,9-10,12H,6-8,11H2,1-2H3,(H,16,17)/t12-/m0/s1. The Morgan fingerprint density at radius 1 is 1.25 bits per heavy atom. The van der Waals surface area contributed by atoms with Crippen LogP contribution in [0.1, 0.15) is 26.2 Å². The lowest BCUT2D eigenvalue weighted by Crippen LogP contribution is -2.28. The first kappa shape index (κ1) is 16.7. The van der Waals surface area contributed by atoms with Crippen molar-refractivity contribution in [2.24, 2.45) is 5.92 Å². The van der Waals surface area contributed by atoms with Crippen LogP contribution in [0.4, 0.5) is 0 Å². The molecule has 0 radical (unpaired) electrons. The predicted octanol–water partition coefficient (Wildman–Crippen LogP) is 2.20. The van der Waals surface area contributed by atoms with Crippen molar-refractivity contribution >= 4 is 16.0 Å². The van der Waals surface area contributed by atoms with E-state index in [0.717, 1.165) is 0 Å². The topological polar surface area (TPSA) is 74.7 Å². The Bertz CT molecular complexity index is 527. The molecule has 0 aliphatic carbocycles. The summed E-state index contributed by atoms with van der Waals surface area (Å²) in [5.41, 5.74) is 0. The zero-order valence-corrected chi connectivity index (χ0v) is 12.6. The Balaban J connectivity index is 2.47. The second-order valence-corrected chi connectivity index (χ2v) is 6.92. The van der Waals surface area contributed by atoms with E-state index in [0.29, 0.717) is 25.8 Å². The number of carboxylic acids is 1. The summed E-state index contributed by atoms with van der Waals surface area (Å²) in [7, 11) is -1.89. The monoisotopic (exact) mass is 299 g/mol. The first-order valence-corrected chi connectivity index (χ1v) is 8.04. The lowest BCUT2D eigenvalue weighted by atomic mass is 10.0. The van der Waals surface area contributed by atoms with Gasteiger partial charge in [-0.2, -0.15) is 0 Å². The molecule has 112 valence electrons. The van der Waals surface area contributed by atoms with Crippen LogP contribution in [-0.4, -0.2) is 37.4 Å². The van der Waals surface area contributed by atoms with E-state index in [1.54, 1.807) is 44.3 Å². The minimum atomic E-state index is -3.44. The molecule has 1 aromatic rings. The van der Waals surface area contributed by atoms with Gasteiger partial charge in [0.1, 0.15) is 0 Å². The van der Waals surface area contributed by atoms with E-state index in [9.17, 15) is 13.2 Å². The molecule has 0 aliphatic heterocycles. The lowest BCUT2D eigenvalue weighted by Gasteiger charge is -2.17. The highest BCUT2D eigenvalue weighted by Gasteiger charge is 2.19. The maximum Gasteiger partial charge on any atom is 0.306 e. The molecule has 0 unspecified atom stereocenters. The third kappa shape index (κ3) is 4.61. The van der Waals surface area contributed by atoms with Crippen LogP contribution < -0.4 is 0 Å². The van der Waals surface area contributed by atoms with E-state index < -0.39 is 16.0 Å². The summed E-state index contributed by atoms with van der Waals surface area (Å²) in [6.45, 7) is 2.05. The fourth-order valence-electron chi connectivity index (χ4n) is 1.80. The van der Waals surface area contributed by atoms with E-state index in [4.69, 9.17) is 5.11 Å². The summed E-state index contributed by atoms with van der Waals surface area (Å²) < 4.78 is 25.7. The van der Waals surface area contributed by atoms with E-state index in [1.165, 1.54) is 4.31 Å². The molecule has 0 fully saturated rings. The van der Waals surface area contributed by atoms with Crippen LogP contribution >= 0.6 is 0 Å². The van der Waals surface area contributed by atoms with Gasteiger partial charge in [0, 0.05) is 13.6 Å². The van der Waals surface area contributed by atoms with Crippen molar-refractivity contribution in [1.29, 1.82) is 0 Å². The molecular weight excluding hydrogens is 278 g/mol. The summed E-state index contributed by atoms with van der Waals surface area (Å²) >= 11 is 0. The fourth-order valence-corrected chi connectivity index (χ4v) is 3.03. The van der Waals surface area contributed by atoms with E-state index in [2.05, 4.69) is 0 Å². The molecular formula is C14H21NO4S. The number of hydrogen-bond acceptors (Lipinski definition) is 3. The molecule has 0 saturated carbocycles. The van der Waals surface area contributed by atoms with Crippen molar-refractivity contribution in [3.05, 3.63) is 30.3 Å². The minimum absolute atomic E-state index is 0.279. The number of unbranched alkanes of at least 4 members (excludes halogenated alkanes) is 1. The van der Waals surface area contributed by atoms with Crippen molar-refractivity contribution < 1.29 is 18.3 Å². The lowest BCUT2D eigenvalue weighted by molar-refractivity contribution is -0.141. The van der Waals surface area contributed by atoms with Gasteiger partial charge in [-0.3, -0.25) is 4.79 Å². The average Bonchev–Trinajstić information content (AvgIpc) is 2.43. The quantitative estimate of drug-likeness (QED) is 0.747. The maximum atomic E-state index is 12.2. The molecule has 1 rings (SSSR count). The summed E-state index contributed by atoms with van der Waals surface area (Å²) in [6, 6.07) is 8.29. The van der Waals surface area contributed by atoms with Gasteiger partial charge in [-0.1, -0.05) is 31.5 Å². The highest BCUT2D eigenvalue weighted by Crippen LogP contribution is 2.15. The SMILES string of the molecule is C[C@@H](CCCCN(C)S(=O)(=O)c1ccccc1)C(=O)O. The number of rotatable bonds is 8. The predicted molar refractivity (Wildman–Crippen MR) is 76.9 cm³/mol. The summed E-state index contributed by atoms with van der Waals surface area (Å²) in [5, 5.41) is 8.76. The maximum absolute atomic E-state index is 12.2. The Kier molecular flexibility index (Phi) is 6.16. The smallest absolute Gasteiger partial charge is 0.306 e. The Hall–Kier alpha value is -1.40. The van der Waals surface area contributed by atoms with Gasteiger partial charge in [0.2, 0.25) is 10.0 Å². The van der Waals surface area contributed by atoms with Crippen LogP contribution in [0, 0.1) is 5.92 Å². The Morgan fingerprint density at radius 3 is 2.40 bits per heavy atom. The van der Waals surface area contributed by atoms with Crippen LogP contribution in [0.25, 0.3) is 0 Å². The van der Waals surface area contributed by atoms with Crippen LogP contribution in [0.2, 0.25) is 0 Å². The largest absolute Gasteiger partial charge is 0.481 e. The molecule has 0 heterocycles. The molecule has 0 spiro atoms. The number of sulfonamides is 1. The first-order valence-electron chi connectivity index (χ1n) is 6.60. The molecule has 0 saturated heterocycles. The van der Waals surface area contributed by atoms with Crippen LogP contribution in [0.3, 0.4) is 0 Å². The molecule has 1 aromatic carbocycles. The van der Waals surface area contributed by atoms with E-state index in [-0.39, 0.29) is 10.8 Å². The van der Waals surface area contributed by atoms with Crippen molar-refractivity contribution in [2.75, 3.05) is 13.6 Å². The second-order valence-electron chi connectivity index (χ2n) is 4.87. The second kappa shape index (κ2) is 7.40. The van der Waals surface area contributed by atoms with Crippen LogP contribution in [0.5, 0.6) is 0 Å². The van der Waals surface area contributed by atoms with Crippen molar-refractivity contribution in [1.82, 2.24) is 4.31 Å². The van der Waals surface area contributed by atoms with Gasteiger partial charge in [0.05, 0.1) is 10.8 Å². The molecule has 0 bridgehead atoms. The van der Waals surface area contributed by atoms with Gasteiger partial charge in [0.25, 0.3) is 0 Å². The van der Waals surface area contributed by atoms with E-state index >= 15 is 0 Å². The molecule has 1 atom stereocenters. The molecule has 5 nitrogen and oxygen atoms in total. The Labute approximate surface area is 120 Å². The fraction of sp³-hybridized carbons (Fsp3) is 0.500. The average molecular weight is 299 g/mol. The van der Waals surface area contributed by atoms with Crippen molar-refractivity contribution in [2.45, 2.75) is 31.1 Å². The Morgan fingerprint density at radius 2 is 1.85 bits per heavy atom. The number of hydrogen-bond donors (Lipinski definition) is 1. The summed E-state index contributed by atoms with van der Waals surface area (Å²) in [6.07, 6.45) is 1.91. The van der Waals surface area contributed by atoms with Gasteiger partial charge in [-0.05, 0) is 25.0 Å². The van der Waals surface area contributed by atoms with Gasteiger partial charge in [0.15, 0.2) is 0 Å². The third-order valence-electron chi connectivity index (χ3n) is 3.23. The zero-order valence-electron chi connectivity index (χ0n) is 11.8. The molecule has 0 aromatic heterocycles.